The van der Waals surface area contributed by atoms with Crippen LogP contribution in [0.1, 0.15) is 13.8 Å². The maximum absolute atomic E-state index is 9.09. The molecule has 0 aromatic rings. The van der Waals surface area contributed by atoms with Crippen molar-refractivity contribution in [3.05, 3.63) is 0 Å². The van der Waals surface area contributed by atoms with Crippen molar-refractivity contribution in [3.8, 4) is 0 Å². The molecule has 0 amide bonds. The Morgan fingerprint density at radius 1 is 0.875 bits per heavy atom. The van der Waals surface area contributed by atoms with E-state index < -0.39 is 32.2 Å². The second-order valence-corrected chi connectivity index (χ2v) is 3.90. The van der Waals surface area contributed by atoms with E-state index in [9.17, 15) is 0 Å². The molecule has 2 N–H and O–H groups in total. The normalized spacial score (nSPS) is 10.5. The molecule has 0 radical (unpaired) electrons. The molecule has 16 heavy (non-hydrogen) atoms. The Bertz CT molecular complexity index is 200. The van der Waals surface area contributed by atoms with Crippen LogP contribution in [0, 0.1) is 0 Å². The molecular weight excluding hydrogens is 286 g/mol. The van der Waals surface area contributed by atoms with Crippen LogP contribution in [0.15, 0.2) is 0 Å². The first kappa shape index (κ1) is 30.3. The Kier molecular flexibility index (Phi) is 40.6. The van der Waals surface area contributed by atoms with Gasteiger partial charge >= 0.3 is 59.1 Å². The van der Waals surface area contributed by atoms with Crippen LogP contribution in [0.3, 0.4) is 0 Å². The van der Waals surface area contributed by atoms with Crippen molar-refractivity contribution in [2.45, 2.75) is 13.8 Å². The van der Waals surface area contributed by atoms with Gasteiger partial charge < -0.3 is 19.3 Å². The van der Waals surface area contributed by atoms with E-state index in [1.54, 1.807) is 0 Å². The second kappa shape index (κ2) is 21.4. The minimum Gasteiger partial charge on any atom is -0.763 e. The summed E-state index contributed by atoms with van der Waals surface area (Å²) in [6, 6.07) is 0. The van der Waals surface area contributed by atoms with E-state index in [-0.39, 0.29) is 59.1 Å². The molecular formula is C4H8Na2O8S2. The summed E-state index contributed by atoms with van der Waals surface area (Å²) < 4.78 is 36.3. The van der Waals surface area contributed by atoms with Crippen LogP contribution in [-0.4, -0.2) is 39.7 Å². The summed E-state index contributed by atoms with van der Waals surface area (Å²) >= 11 is 0. The van der Waals surface area contributed by atoms with E-state index in [4.69, 9.17) is 37.3 Å². The monoisotopic (exact) mass is 294 g/mol. The van der Waals surface area contributed by atoms with Gasteiger partial charge in [-0.25, -0.2) is 0 Å². The van der Waals surface area contributed by atoms with Crippen LogP contribution < -0.4 is 59.1 Å². The second-order valence-electron chi connectivity index (χ2n) is 1.45. The van der Waals surface area contributed by atoms with Gasteiger partial charge in [0.25, 0.3) is 11.9 Å². The fourth-order valence-corrected chi connectivity index (χ4v) is 0. The maximum atomic E-state index is 9.09. The molecule has 8 nitrogen and oxygen atoms in total. The molecule has 0 rings (SSSR count). The predicted molar refractivity (Wildman–Crippen MR) is 44.5 cm³/mol. The Morgan fingerprint density at radius 3 is 0.938 bits per heavy atom. The van der Waals surface area contributed by atoms with Crippen LogP contribution in [-0.2, 0) is 29.8 Å². The summed E-state index contributed by atoms with van der Waals surface area (Å²) in [5, 5.41) is 14.8. The smallest absolute Gasteiger partial charge is 0.763 e. The number of hydrogen-bond donors (Lipinski definition) is 2. The Balaban J connectivity index is -0.0000000367. The number of carboxylic acids is 2. The third-order valence-electron chi connectivity index (χ3n) is 0.111. The van der Waals surface area contributed by atoms with Crippen LogP contribution in [0.2, 0.25) is 0 Å². The third kappa shape index (κ3) is 114. The Morgan fingerprint density at radius 2 is 0.938 bits per heavy atom. The van der Waals surface area contributed by atoms with Crippen molar-refractivity contribution < 1.29 is 96.4 Å². The zero-order valence-corrected chi connectivity index (χ0v) is 14.8. The largest absolute Gasteiger partial charge is 1.00 e. The van der Waals surface area contributed by atoms with E-state index in [0.717, 1.165) is 13.8 Å². The summed E-state index contributed by atoms with van der Waals surface area (Å²) in [4.78, 5) is 18.0. The van der Waals surface area contributed by atoms with E-state index in [1.807, 2.05) is 0 Å². The van der Waals surface area contributed by atoms with Gasteiger partial charge in [-0.05, 0) is 0 Å². The predicted octanol–water partition coefficient (Wildman–Crippen LogP) is -7.15. The molecule has 0 bridgehead atoms. The van der Waals surface area contributed by atoms with Gasteiger partial charge in [0, 0.05) is 34.1 Å². The first-order chi connectivity index (χ1) is 6.11. The van der Waals surface area contributed by atoms with Crippen molar-refractivity contribution in [3.63, 3.8) is 0 Å². The molecule has 2 unspecified atom stereocenters. The zero-order valence-electron chi connectivity index (χ0n) is 9.16. The van der Waals surface area contributed by atoms with Gasteiger partial charge in [-0.15, -0.1) is 0 Å². The summed E-state index contributed by atoms with van der Waals surface area (Å²) in [7, 11) is -5.90. The fourth-order valence-electron chi connectivity index (χ4n) is 0. The molecule has 0 saturated heterocycles. The summed E-state index contributed by atoms with van der Waals surface area (Å²) in [6.07, 6.45) is 0. The number of aliphatic carboxylic acids is 2. The van der Waals surface area contributed by atoms with Crippen LogP contribution in [0.25, 0.3) is 0 Å². The van der Waals surface area contributed by atoms with E-state index in [2.05, 4.69) is 0 Å². The quantitative estimate of drug-likeness (QED) is 0.274. The number of rotatable bonds is 1. The van der Waals surface area contributed by atoms with Crippen LogP contribution in [0.5, 0.6) is 0 Å². The van der Waals surface area contributed by atoms with Crippen molar-refractivity contribution >= 4 is 32.2 Å². The van der Waals surface area contributed by atoms with Gasteiger partial charge in [0.2, 0.25) is 0 Å². The van der Waals surface area contributed by atoms with Crippen molar-refractivity contribution in [2.24, 2.45) is 0 Å². The fraction of sp³-hybridized carbons (Fsp3) is 0.500. The molecule has 12 heteroatoms. The average molecular weight is 294 g/mol. The molecule has 0 fully saturated rings. The third-order valence-corrected chi connectivity index (χ3v) is 1.00. The van der Waals surface area contributed by atoms with E-state index in [1.165, 1.54) is 0 Å². The number of carboxylic acid groups (broad SMARTS) is 2. The minimum atomic E-state index is -2.95. The van der Waals surface area contributed by atoms with Gasteiger partial charge in [0.15, 0.2) is 0 Å². The van der Waals surface area contributed by atoms with Gasteiger partial charge in [0.05, 0.1) is 0 Å². The number of hydrogen-bond acceptors (Lipinski definition) is 6. The summed E-state index contributed by atoms with van der Waals surface area (Å²) in [5.41, 5.74) is 0. The molecule has 0 spiro atoms. The van der Waals surface area contributed by atoms with Crippen LogP contribution in [0.4, 0.5) is 0 Å². The Labute approximate surface area is 141 Å². The molecule has 2 atom stereocenters. The van der Waals surface area contributed by atoms with E-state index >= 15 is 0 Å². The zero-order chi connectivity index (χ0) is 12.3. The molecule has 86 valence electrons. The Hall–Kier alpha value is 1.16. The maximum Gasteiger partial charge on any atom is 1.00 e. The van der Waals surface area contributed by atoms with Crippen molar-refractivity contribution in [1.29, 1.82) is 0 Å². The van der Waals surface area contributed by atoms with Crippen molar-refractivity contribution in [1.82, 2.24) is 0 Å². The molecule has 0 heterocycles. The first-order valence-electron chi connectivity index (χ1n) is 2.69. The average Bonchev–Trinajstić information content (AvgIpc) is 1.83. The van der Waals surface area contributed by atoms with Crippen LogP contribution >= 0.6 is 0 Å². The van der Waals surface area contributed by atoms with Gasteiger partial charge in [-0.1, -0.05) is 0 Å². The molecule has 0 aliphatic rings. The molecule has 0 aliphatic carbocycles. The SMILES string of the molecule is CC(=O)O.CC(=O)O.O=S([O-])S(=O)[O-].[Na+].[Na+]. The molecule has 0 aliphatic heterocycles. The standard InChI is InChI=1S/2C2H4O2.2Na.H2O4S2/c2*1-2(3)4;;;1-5(2)6(3)4/h2*1H3,(H,3,4);;;(H,1,2)(H,3,4)/q;;2*+1;/p-2. The summed E-state index contributed by atoms with van der Waals surface area (Å²) in [6.45, 7) is 2.17. The van der Waals surface area contributed by atoms with Gasteiger partial charge in [-0.3, -0.25) is 18.0 Å². The molecule has 0 saturated carbocycles. The van der Waals surface area contributed by atoms with Gasteiger partial charge in [-0.2, -0.15) is 0 Å². The topological polar surface area (TPSA) is 155 Å². The number of carbonyl (C=O) groups is 2. The minimum absolute atomic E-state index is 0. The van der Waals surface area contributed by atoms with Crippen molar-refractivity contribution in [2.75, 3.05) is 0 Å². The van der Waals surface area contributed by atoms with E-state index in [0.29, 0.717) is 0 Å². The van der Waals surface area contributed by atoms with Gasteiger partial charge in [0.1, 0.15) is 0 Å². The summed E-state index contributed by atoms with van der Waals surface area (Å²) in [5.74, 6) is -1.67. The molecule has 0 aromatic heterocycles. The molecule has 0 aromatic carbocycles. The first-order valence-corrected chi connectivity index (χ1v) is 5.36.